The molecule has 0 saturated carbocycles. The lowest BCUT2D eigenvalue weighted by Crippen LogP contribution is -2.29. The molecule has 0 spiro atoms. The molecular formula is C17H20BrN3O3. The third kappa shape index (κ3) is 3.26. The van der Waals surface area contributed by atoms with Crippen molar-refractivity contribution in [2.45, 2.75) is 19.3 Å². The number of nitrogens with one attached hydrogen (secondary N) is 1. The standard InChI is InChI=1S/C17H20BrN3O3/c1-17(2,10-19-12-9-20-21(3)16(22)15(12)18)11-4-5-13-14(8-11)24-7-6-23-13/h4-5,8-9,19H,6-7,10H2,1-3H3. The quantitative estimate of drug-likeness (QED) is 0.864. The van der Waals surface area contributed by atoms with Crippen LogP contribution in [0.5, 0.6) is 11.5 Å². The van der Waals surface area contributed by atoms with Crippen LogP contribution >= 0.6 is 15.9 Å². The van der Waals surface area contributed by atoms with E-state index >= 15 is 0 Å². The molecule has 0 amide bonds. The average molecular weight is 394 g/mol. The molecule has 0 aliphatic carbocycles. The monoisotopic (exact) mass is 393 g/mol. The molecule has 1 aromatic carbocycles. The Hall–Kier alpha value is -2.02. The zero-order chi connectivity index (χ0) is 17.3. The molecule has 24 heavy (non-hydrogen) atoms. The summed E-state index contributed by atoms with van der Waals surface area (Å²) in [4.78, 5) is 11.9. The Labute approximate surface area is 148 Å². The van der Waals surface area contributed by atoms with Gasteiger partial charge < -0.3 is 14.8 Å². The highest BCUT2D eigenvalue weighted by molar-refractivity contribution is 9.10. The molecule has 1 aromatic heterocycles. The number of anilines is 1. The number of halogens is 1. The van der Waals surface area contributed by atoms with Gasteiger partial charge in [-0.25, -0.2) is 4.68 Å². The second-order valence-corrected chi connectivity index (χ2v) is 7.19. The number of aromatic nitrogens is 2. The number of aryl methyl sites for hydroxylation is 1. The molecule has 2 heterocycles. The minimum absolute atomic E-state index is 0.169. The number of hydrogen-bond acceptors (Lipinski definition) is 5. The predicted octanol–water partition coefficient (Wildman–Crippen LogP) is 2.70. The minimum Gasteiger partial charge on any atom is -0.486 e. The summed E-state index contributed by atoms with van der Waals surface area (Å²) >= 11 is 3.33. The Balaban J connectivity index is 1.79. The summed E-state index contributed by atoms with van der Waals surface area (Å²) in [6, 6.07) is 6.02. The van der Waals surface area contributed by atoms with E-state index < -0.39 is 0 Å². The van der Waals surface area contributed by atoms with Crippen molar-refractivity contribution in [3.63, 3.8) is 0 Å². The van der Waals surface area contributed by atoms with Crippen LogP contribution in [0.3, 0.4) is 0 Å². The van der Waals surface area contributed by atoms with Crippen molar-refractivity contribution in [3.05, 3.63) is 44.8 Å². The molecule has 6 nitrogen and oxygen atoms in total. The second-order valence-electron chi connectivity index (χ2n) is 6.40. The fraction of sp³-hybridized carbons (Fsp3) is 0.412. The highest BCUT2D eigenvalue weighted by Crippen LogP contribution is 2.35. The van der Waals surface area contributed by atoms with Crippen LogP contribution in [0.15, 0.2) is 33.7 Å². The van der Waals surface area contributed by atoms with Gasteiger partial charge in [-0.15, -0.1) is 0 Å². The largest absolute Gasteiger partial charge is 0.486 e. The Kier molecular flexibility index (Phi) is 4.54. The van der Waals surface area contributed by atoms with Gasteiger partial charge in [0, 0.05) is 19.0 Å². The highest BCUT2D eigenvalue weighted by atomic mass is 79.9. The van der Waals surface area contributed by atoms with Crippen LogP contribution in [0.1, 0.15) is 19.4 Å². The molecule has 0 atom stereocenters. The van der Waals surface area contributed by atoms with Crippen LogP contribution in [0.25, 0.3) is 0 Å². The van der Waals surface area contributed by atoms with Crippen LogP contribution in [-0.4, -0.2) is 29.5 Å². The maximum Gasteiger partial charge on any atom is 0.282 e. The van der Waals surface area contributed by atoms with Gasteiger partial charge in [-0.05, 0) is 33.6 Å². The van der Waals surface area contributed by atoms with Gasteiger partial charge in [-0.2, -0.15) is 5.10 Å². The highest BCUT2D eigenvalue weighted by Gasteiger charge is 2.24. The molecule has 0 unspecified atom stereocenters. The van der Waals surface area contributed by atoms with Crippen LogP contribution < -0.4 is 20.3 Å². The van der Waals surface area contributed by atoms with Crippen LogP contribution in [0, 0.1) is 0 Å². The zero-order valence-electron chi connectivity index (χ0n) is 13.9. The molecule has 0 saturated heterocycles. The number of hydrogen-bond donors (Lipinski definition) is 1. The summed E-state index contributed by atoms with van der Waals surface area (Å²) < 4.78 is 13.0. The van der Waals surface area contributed by atoms with Crippen molar-refractivity contribution in [3.8, 4) is 11.5 Å². The van der Waals surface area contributed by atoms with Gasteiger partial charge in [-0.1, -0.05) is 19.9 Å². The van der Waals surface area contributed by atoms with Gasteiger partial charge >= 0.3 is 0 Å². The number of rotatable bonds is 4. The molecule has 128 valence electrons. The first-order valence-corrected chi connectivity index (χ1v) is 8.53. The summed E-state index contributed by atoms with van der Waals surface area (Å²) in [5, 5.41) is 7.35. The van der Waals surface area contributed by atoms with E-state index in [0.717, 1.165) is 17.1 Å². The molecule has 0 fully saturated rings. The van der Waals surface area contributed by atoms with E-state index in [0.29, 0.717) is 29.9 Å². The van der Waals surface area contributed by atoms with E-state index in [1.807, 2.05) is 18.2 Å². The first-order chi connectivity index (χ1) is 11.4. The number of ether oxygens (including phenoxy) is 2. The molecule has 1 N–H and O–H groups in total. The fourth-order valence-electron chi connectivity index (χ4n) is 2.52. The van der Waals surface area contributed by atoms with Crippen LogP contribution in [0.4, 0.5) is 5.69 Å². The molecule has 1 aliphatic heterocycles. The predicted molar refractivity (Wildman–Crippen MR) is 96.1 cm³/mol. The maximum absolute atomic E-state index is 11.9. The zero-order valence-corrected chi connectivity index (χ0v) is 15.5. The van der Waals surface area contributed by atoms with E-state index in [1.165, 1.54) is 4.68 Å². The molecule has 1 aliphatic rings. The Morgan fingerprint density at radius 2 is 2.00 bits per heavy atom. The normalized spacial score (nSPS) is 13.7. The smallest absolute Gasteiger partial charge is 0.282 e. The van der Waals surface area contributed by atoms with Crippen molar-refractivity contribution in [2.24, 2.45) is 7.05 Å². The summed E-state index contributed by atoms with van der Waals surface area (Å²) in [6.45, 7) is 6.06. The van der Waals surface area contributed by atoms with E-state index in [1.54, 1.807) is 13.2 Å². The number of nitrogens with zero attached hydrogens (tertiary/aromatic N) is 2. The van der Waals surface area contributed by atoms with Gasteiger partial charge in [0.25, 0.3) is 5.56 Å². The summed E-state index contributed by atoms with van der Waals surface area (Å²) in [6.07, 6.45) is 1.64. The van der Waals surface area contributed by atoms with Crippen molar-refractivity contribution < 1.29 is 9.47 Å². The maximum atomic E-state index is 11.9. The number of fused-ring (bicyclic) bond motifs is 1. The van der Waals surface area contributed by atoms with E-state index in [9.17, 15) is 4.79 Å². The van der Waals surface area contributed by atoms with Crippen molar-refractivity contribution in [1.29, 1.82) is 0 Å². The van der Waals surface area contributed by atoms with Crippen molar-refractivity contribution in [2.75, 3.05) is 25.1 Å². The molecule has 7 heteroatoms. The molecule has 0 bridgehead atoms. The molecule has 3 rings (SSSR count). The number of benzene rings is 1. The third-order valence-corrected chi connectivity index (χ3v) is 4.89. The lowest BCUT2D eigenvalue weighted by molar-refractivity contribution is 0.171. The van der Waals surface area contributed by atoms with Crippen LogP contribution in [0.2, 0.25) is 0 Å². The molecule has 2 aromatic rings. The second kappa shape index (κ2) is 6.47. The fourth-order valence-corrected chi connectivity index (χ4v) is 3.02. The Morgan fingerprint density at radius 1 is 1.29 bits per heavy atom. The Bertz CT molecular complexity index is 817. The Morgan fingerprint density at radius 3 is 2.75 bits per heavy atom. The van der Waals surface area contributed by atoms with E-state index in [4.69, 9.17) is 9.47 Å². The minimum atomic E-state index is -0.170. The molecular weight excluding hydrogens is 374 g/mol. The van der Waals surface area contributed by atoms with Gasteiger partial charge in [0.05, 0.1) is 11.9 Å². The van der Waals surface area contributed by atoms with Crippen molar-refractivity contribution in [1.82, 2.24) is 9.78 Å². The average Bonchev–Trinajstić information content (AvgIpc) is 2.58. The SMILES string of the molecule is Cn1ncc(NCC(C)(C)c2ccc3c(c2)OCCO3)c(Br)c1=O. The topological polar surface area (TPSA) is 65.4 Å². The summed E-state index contributed by atoms with van der Waals surface area (Å²) in [5.41, 5.74) is 1.48. The van der Waals surface area contributed by atoms with Gasteiger partial charge in [0.1, 0.15) is 17.7 Å². The first kappa shape index (κ1) is 16.8. The summed E-state index contributed by atoms with van der Waals surface area (Å²) in [7, 11) is 1.62. The lowest BCUT2D eigenvalue weighted by Gasteiger charge is -2.28. The van der Waals surface area contributed by atoms with Gasteiger partial charge in [0.2, 0.25) is 0 Å². The van der Waals surface area contributed by atoms with Gasteiger partial charge in [0.15, 0.2) is 11.5 Å². The first-order valence-electron chi connectivity index (χ1n) is 7.74. The van der Waals surface area contributed by atoms with Crippen molar-refractivity contribution >= 4 is 21.6 Å². The summed E-state index contributed by atoms with van der Waals surface area (Å²) in [5.74, 6) is 1.57. The molecule has 0 radical (unpaired) electrons. The van der Waals surface area contributed by atoms with E-state index in [2.05, 4.69) is 40.2 Å². The van der Waals surface area contributed by atoms with Gasteiger partial charge in [-0.3, -0.25) is 4.79 Å². The van der Waals surface area contributed by atoms with Crippen LogP contribution in [-0.2, 0) is 12.5 Å². The van der Waals surface area contributed by atoms with E-state index in [-0.39, 0.29) is 11.0 Å². The lowest BCUT2D eigenvalue weighted by atomic mass is 9.84. The third-order valence-electron chi connectivity index (χ3n) is 4.12.